The molecular formula is C14H18N6O2. The molecule has 3 heterocycles. The summed E-state index contributed by atoms with van der Waals surface area (Å²) in [6, 6.07) is 0. The predicted molar refractivity (Wildman–Crippen MR) is 77.2 cm³/mol. The Labute approximate surface area is 127 Å². The molecule has 1 aliphatic heterocycles. The molecule has 2 aromatic heterocycles. The number of rotatable bonds is 3. The van der Waals surface area contributed by atoms with Gasteiger partial charge in [-0.05, 0) is 18.8 Å². The molecule has 4 rings (SSSR count). The largest absolute Gasteiger partial charge is 0.346 e. The van der Waals surface area contributed by atoms with E-state index >= 15 is 0 Å². The SMILES string of the molecule is Cn1cnc(C(=O)N2CCn3c(nn(CC4CC4)c3=O)C2)c1. The lowest BCUT2D eigenvalue weighted by atomic mass is 10.3. The molecule has 2 aromatic rings. The quantitative estimate of drug-likeness (QED) is 0.789. The van der Waals surface area contributed by atoms with Gasteiger partial charge in [-0.3, -0.25) is 9.36 Å². The second-order valence-electron chi connectivity index (χ2n) is 6.13. The van der Waals surface area contributed by atoms with Gasteiger partial charge in [0.2, 0.25) is 0 Å². The van der Waals surface area contributed by atoms with Gasteiger partial charge in [0.1, 0.15) is 5.69 Å². The van der Waals surface area contributed by atoms with Crippen molar-refractivity contribution >= 4 is 5.91 Å². The summed E-state index contributed by atoms with van der Waals surface area (Å²) >= 11 is 0. The van der Waals surface area contributed by atoms with Crippen LogP contribution in [0.15, 0.2) is 17.3 Å². The van der Waals surface area contributed by atoms with E-state index in [0.29, 0.717) is 43.6 Å². The minimum absolute atomic E-state index is 0.0492. The first-order valence-electron chi connectivity index (χ1n) is 7.55. The van der Waals surface area contributed by atoms with Crippen LogP contribution in [0, 0.1) is 5.92 Å². The molecule has 1 aliphatic carbocycles. The molecular weight excluding hydrogens is 284 g/mol. The maximum Gasteiger partial charge on any atom is 0.346 e. The van der Waals surface area contributed by atoms with Gasteiger partial charge >= 0.3 is 5.69 Å². The van der Waals surface area contributed by atoms with E-state index in [1.807, 2.05) is 7.05 Å². The predicted octanol–water partition coefficient (Wildman–Crippen LogP) is -0.156. The molecule has 0 unspecified atom stereocenters. The van der Waals surface area contributed by atoms with Gasteiger partial charge < -0.3 is 9.47 Å². The molecule has 1 fully saturated rings. The Hall–Kier alpha value is -2.38. The third-order valence-electron chi connectivity index (χ3n) is 4.26. The maximum absolute atomic E-state index is 12.4. The van der Waals surface area contributed by atoms with Gasteiger partial charge in [-0.25, -0.2) is 14.5 Å². The van der Waals surface area contributed by atoms with E-state index in [9.17, 15) is 9.59 Å². The molecule has 0 aromatic carbocycles. The number of aryl methyl sites for hydroxylation is 1. The highest BCUT2D eigenvalue weighted by molar-refractivity contribution is 5.92. The van der Waals surface area contributed by atoms with Crippen molar-refractivity contribution in [1.29, 1.82) is 0 Å². The van der Waals surface area contributed by atoms with Gasteiger partial charge in [0, 0.05) is 32.9 Å². The zero-order valence-electron chi connectivity index (χ0n) is 12.5. The van der Waals surface area contributed by atoms with Crippen molar-refractivity contribution in [2.75, 3.05) is 6.54 Å². The molecule has 1 amide bonds. The first-order valence-corrected chi connectivity index (χ1v) is 7.55. The van der Waals surface area contributed by atoms with Crippen LogP contribution in [-0.2, 0) is 26.7 Å². The first-order chi connectivity index (χ1) is 10.6. The number of aromatic nitrogens is 5. The summed E-state index contributed by atoms with van der Waals surface area (Å²) in [4.78, 5) is 30.5. The fraction of sp³-hybridized carbons (Fsp3) is 0.571. The van der Waals surface area contributed by atoms with E-state index < -0.39 is 0 Å². The number of hydrogen-bond donors (Lipinski definition) is 0. The Bertz CT molecular complexity index is 782. The van der Waals surface area contributed by atoms with Gasteiger partial charge in [-0.1, -0.05) is 0 Å². The van der Waals surface area contributed by atoms with Crippen LogP contribution in [0.5, 0.6) is 0 Å². The van der Waals surface area contributed by atoms with Crippen LogP contribution >= 0.6 is 0 Å². The molecule has 116 valence electrons. The van der Waals surface area contributed by atoms with Crippen molar-refractivity contribution in [1.82, 2.24) is 28.8 Å². The van der Waals surface area contributed by atoms with Crippen LogP contribution in [-0.4, -0.2) is 41.3 Å². The van der Waals surface area contributed by atoms with Crippen LogP contribution in [0.25, 0.3) is 0 Å². The average Bonchev–Trinajstić information content (AvgIpc) is 3.14. The number of nitrogens with zero attached hydrogens (tertiary/aromatic N) is 6. The van der Waals surface area contributed by atoms with Crippen LogP contribution in [0.4, 0.5) is 0 Å². The van der Waals surface area contributed by atoms with E-state index in [1.54, 1.807) is 31.2 Å². The zero-order valence-corrected chi connectivity index (χ0v) is 12.5. The molecule has 0 N–H and O–H groups in total. The highest BCUT2D eigenvalue weighted by atomic mass is 16.2. The lowest BCUT2D eigenvalue weighted by molar-refractivity contribution is 0.0701. The molecule has 0 atom stereocenters. The Morgan fingerprint density at radius 2 is 2.18 bits per heavy atom. The smallest absolute Gasteiger partial charge is 0.340 e. The average molecular weight is 302 g/mol. The Balaban J connectivity index is 1.56. The van der Waals surface area contributed by atoms with E-state index in [0.717, 1.165) is 0 Å². The third kappa shape index (κ3) is 2.24. The van der Waals surface area contributed by atoms with Crippen LogP contribution < -0.4 is 5.69 Å². The summed E-state index contributed by atoms with van der Waals surface area (Å²) in [5.41, 5.74) is 0.377. The maximum atomic E-state index is 12.4. The number of hydrogen-bond acceptors (Lipinski definition) is 4. The lowest BCUT2D eigenvalue weighted by Crippen LogP contribution is -2.41. The summed E-state index contributed by atoms with van der Waals surface area (Å²) in [5, 5.41) is 4.41. The fourth-order valence-corrected chi connectivity index (χ4v) is 2.82. The first kappa shape index (κ1) is 13.3. The van der Waals surface area contributed by atoms with Gasteiger partial charge in [-0.2, -0.15) is 5.10 Å². The second-order valence-corrected chi connectivity index (χ2v) is 6.13. The molecule has 0 saturated heterocycles. The molecule has 0 bridgehead atoms. The molecule has 8 heteroatoms. The molecule has 8 nitrogen and oxygen atoms in total. The van der Waals surface area contributed by atoms with Crippen molar-refractivity contribution in [2.24, 2.45) is 13.0 Å². The van der Waals surface area contributed by atoms with Gasteiger partial charge in [0.15, 0.2) is 5.82 Å². The highest BCUT2D eigenvalue weighted by Crippen LogP contribution is 2.29. The van der Waals surface area contributed by atoms with Crippen molar-refractivity contribution < 1.29 is 4.79 Å². The molecule has 0 radical (unpaired) electrons. The van der Waals surface area contributed by atoms with E-state index in [-0.39, 0.29) is 11.6 Å². The van der Waals surface area contributed by atoms with Gasteiger partial charge in [0.05, 0.1) is 12.9 Å². The van der Waals surface area contributed by atoms with Crippen LogP contribution in [0.3, 0.4) is 0 Å². The van der Waals surface area contributed by atoms with Gasteiger partial charge in [0.25, 0.3) is 5.91 Å². The Morgan fingerprint density at radius 1 is 1.36 bits per heavy atom. The van der Waals surface area contributed by atoms with E-state index in [4.69, 9.17) is 0 Å². The monoisotopic (exact) mass is 302 g/mol. The fourth-order valence-electron chi connectivity index (χ4n) is 2.82. The number of carbonyl (C=O) groups excluding carboxylic acids is 1. The zero-order chi connectivity index (χ0) is 15.3. The minimum Gasteiger partial charge on any atom is -0.340 e. The molecule has 2 aliphatic rings. The molecule has 0 spiro atoms. The second kappa shape index (κ2) is 4.82. The minimum atomic E-state index is -0.115. The highest BCUT2D eigenvalue weighted by Gasteiger charge is 2.29. The summed E-state index contributed by atoms with van der Waals surface area (Å²) in [6.07, 6.45) is 5.67. The third-order valence-corrected chi connectivity index (χ3v) is 4.26. The van der Waals surface area contributed by atoms with Crippen molar-refractivity contribution in [3.8, 4) is 0 Å². The van der Waals surface area contributed by atoms with Crippen molar-refractivity contribution in [3.05, 3.63) is 34.5 Å². The topological polar surface area (TPSA) is 78.0 Å². The van der Waals surface area contributed by atoms with E-state index in [2.05, 4.69) is 10.1 Å². The number of carbonyl (C=O) groups is 1. The van der Waals surface area contributed by atoms with E-state index in [1.165, 1.54) is 12.8 Å². The lowest BCUT2D eigenvalue weighted by Gasteiger charge is -2.25. The normalized spacial score (nSPS) is 17.6. The molecule has 1 saturated carbocycles. The summed E-state index contributed by atoms with van der Waals surface area (Å²) in [5.74, 6) is 1.15. The summed E-state index contributed by atoms with van der Waals surface area (Å²) < 4.78 is 4.99. The molecule has 22 heavy (non-hydrogen) atoms. The summed E-state index contributed by atoms with van der Waals surface area (Å²) in [7, 11) is 1.83. The van der Waals surface area contributed by atoms with Crippen LogP contribution in [0.1, 0.15) is 29.2 Å². The van der Waals surface area contributed by atoms with Crippen molar-refractivity contribution in [2.45, 2.75) is 32.5 Å². The van der Waals surface area contributed by atoms with Crippen LogP contribution in [0.2, 0.25) is 0 Å². The van der Waals surface area contributed by atoms with Gasteiger partial charge in [-0.15, -0.1) is 0 Å². The standard InChI is InChI=1S/C14H18N6O2/c1-17-7-11(15-9-17)13(21)18-4-5-19-12(8-18)16-20(14(19)22)6-10-2-3-10/h7,9-10H,2-6,8H2,1H3. The number of imidazole rings is 1. The van der Waals surface area contributed by atoms with Crippen molar-refractivity contribution in [3.63, 3.8) is 0 Å². The summed E-state index contributed by atoms with van der Waals surface area (Å²) in [6.45, 7) is 2.07. The number of amides is 1. The Morgan fingerprint density at radius 3 is 2.86 bits per heavy atom. The Kier molecular flexibility index (Phi) is 2.91. The number of fused-ring (bicyclic) bond motifs is 1.